The molecule has 0 aliphatic rings. The summed E-state index contributed by atoms with van der Waals surface area (Å²) >= 11 is 0. The van der Waals surface area contributed by atoms with Gasteiger partial charge in [-0.05, 0) is 48.9 Å². The normalized spacial score (nSPS) is 10.8. The second-order valence-electron chi connectivity index (χ2n) is 6.86. The maximum Gasteiger partial charge on any atom is 0.273 e. The van der Waals surface area contributed by atoms with Crippen molar-refractivity contribution in [3.63, 3.8) is 0 Å². The molecular formula is C23H18FN3O4. The molecule has 0 unspecified atom stereocenters. The first-order valence-electron chi connectivity index (χ1n) is 9.35. The number of nitrogens with zero attached hydrogens (tertiary/aromatic N) is 2. The van der Waals surface area contributed by atoms with Crippen molar-refractivity contribution in [2.24, 2.45) is 0 Å². The number of benzene rings is 2. The first kappa shape index (κ1) is 20.1. The van der Waals surface area contributed by atoms with Gasteiger partial charge in [0.15, 0.2) is 5.65 Å². The quantitative estimate of drug-likeness (QED) is 0.525. The molecule has 0 bridgehead atoms. The van der Waals surface area contributed by atoms with Crippen molar-refractivity contribution in [2.45, 2.75) is 6.92 Å². The van der Waals surface area contributed by atoms with E-state index in [1.807, 2.05) is 0 Å². The van der Waals surface area contributed by atoms with E-state index in [1.165, 1.54) is 30.0 Å². The van der Waals surface area contributed by atoms with E-state index in [2.05, 4.69) is 10.3 Å². The Bertz CT molecular complexity index is 1380. The SMILES string of the molecule is COc1cccc(-n2c(=O)c(C(=O)Nc3ccc(C)c(F)c3)c(O)c3cccnc32)c1. The number of nitrogens with one attached hydrogen (secondary N) is 1. The van der Waals surface area contributed by atoms with Crippen LogP contribution in [0, 0.1) is 12.7 Å². The number of aromatic hydroxyl groups is 1. The summed E-state index contributed by atoms with van der Waals surface area (Å²) < 4.78 is 20.3. The fourth-order valence-corrected chi connectivity index (χ4v) is 3.26. The first-order chi connectivity index (χ1) is 14.9. The molecule has 1 amide bonds. The van der Waals surface area contributed by atoms with Crippen molar-refractivity contribution >= 4 is 22.6 Å². The smallest absolute Gasteiger partial charge is 0.273 e. The van der Waals surface area contributed by atoms with Crippen molar-refractivity contribution in [3.05, 3.63) is 88.1 Å². The molecule has 2 heterocycles. The molecule has 7 nitrogen and oxygen atoms in total. The number of anilines is 1. The topological polar surface area (TPSA) is 93.5 Å². The summed E-state index contributed by atoms with van der Waals surface area (Å²) in [6.45, 7) is 1.59. The largest absolute Gasteiger partial charge is 0.506 e. The van der Waals surface area contributed by atoms with Gasteiger partial charge < -0.3 is 15.2 Å². The van der Waals surface area contributed by atoms with Crippen molar-refractivity contribution < 1.29 is 19.0 Å². The minimum absolute atomic E-state index is 0.158. The second kappa shape index (κ2) is 7.91. The van der Waals surface area contributed by atoms with Gasteiger partial charge in [-0.25, -0.2) is 9.37 Å². The standard InChI is InChI=1S/C23H18FN3O4/c1-13-8-9-14(11-18(13)24)26-22(29)19-20(28)17-7-4-10-25-21(17)27(23(19)30)15-5-3-6-16(12-15)31-2/h3-12,28H,1-2H3,(H,26,29). The number of amides is 1. The number of fused-ring (bicyclic) bond motifs is 1. The summed E-state index contributed by atoms with van der Waals surface area (Å²) in [4.78, 5) is 30.5. The molecule has 31 heavy (non-hydrogen) atoms. The summed E-state index contributed by atoms with van der Waals surface area (Å²) in [5.41, 5.74) is -0.102. The monoisotopic (exact) mass is 419 g/mol. The van der Waals surface area contributed by atoms with Gasteiger partial charge in [-0.2, -0.15) is 0 Å². The van der Waals surface area contributed by atoms with Crippen LogP contribution in [0.1, 0.15) is 15.9 Å². The molecule has 8 heteroatoms. The number of ether oxygens (including phenoxy) is 1. The minimum Gasteiger partial charge on any atom is -0.506 e. The molecular weight excluding hydrogens is 401 g/mol. The molecule has 0 aliphatic heterocycles. The van der Waals surface area contributed by atoms with Gasteiger partial charge in [0.05, 0.1) is 18.2 Å². The molecule has 2 aromatic heterocycles. The lowest BCUT2D eigenvalue weighted by Crippen LogP contribution is -2.29. The lowest BCUT2D eigenvalue weighted by molar-refractivity contribution is 0.102. The number of aryl methyl sites for hydroxylation is 1. The van der Waals surface area contributed by atoms with Crippen molar-refractivity contribution in [3.8, 4) is 17.2 Å². The van der Waals surface area contributed by atoms with Gasteiger partial charge >= 0.3 is 0 Å². The zero-order valence-electron chi connectivity index (χ0n) is 16.7. The molecule has 0 fully saturated rings. The number of hydrogen-bond acceptors (Lipinski definition) is 5. The number of carbonyl (C=O) groups is 1. The van der Waals surface area contributed by atoms with Gasteiger partial charge in [-0.1, -0.05) is 12.1 Å². The van der Waals surface area contributed by atoms with Crippen LogP contribution in [0.25, 0.3) is 16.7 Å². The van der Waals surface area contributed by atoms with E-state index in [0.717, 1.165) is 6.07 Å². The van der Waals surface area contributed by atoms with Crippen molar-refractivity contribution in [1.29, 1.82) is 0 Å². The zero-order chi connectivity index (χ0) is 22.1. The van der Waals surface area contributed by atoms with E-state index in [9.17, 15) is 19.1 Å². The van der Waals surface area contributed by atoms with Gasteiger partial charge in [0.2, 0.25) is 0 Å². The van der Waals surface area contributed by atoms with Gasteiger partial charge in [0, 0.05) is 18.0 Å². The molecule has 4 rings (SSSR count). The van der Waals surface area contributed by atoms with Gasteiger partial charge in [-0.15, -0.1) is 0 Å². The maximum absolute atomic E-state index is 13.9. The zero-order valence-corrected chi connectivity index (χ0v) is 16.7. The van der Waals surface area contributed by atoms with E-state index in [-0.39, 0.29) is 16.7 Å². The molecule has 0 atom stereocenters. The Hall–Kier alpha value is -4.20. The third-order valence-electron chi connectivity index (χ3n) is 4.88. The molecule has 0 spiro atoms. The number of aromatic nitrogens is 2. The Balaban J connectivity index is 1.92. The van der Waals surface area contributed by atoms with Crippen LogP contribution >= 0.6 is 0 Å². The van der Waals surface area contributed by atoms with Crippen LogP contribution < -0.4 is 15.6 Å². The molecule has 0 radical (unpaired) electrons. The van der Waals surface area contributed by atoms with Crippen LogP contribution in [0.4, 0.5) is 10.1 Å². The molecule has 0 saturated carbocycles. The summed E-state index contributed by atoms with van der Waals surface area (Å²) in [7, 11) is 1.49. The Morgan fingerprint density at radius 3 is 2.71 bits per heavy atom. The van der Waals surface area contributed by atoms with E-state index in [4.69, 9.17) is 4.74 Å². The lowest BCUT2D eigenvalue weighted by atomic mass is 10.1. The highest BCUT2D eigenvalue weighted by Gasteiger charge is 2.24. The van der Waals surface area contributed by atoms with Gasteiger partial charge in [0.25, 0.3) is 11.5 Å². The van der Waals surface area contributed by atoms with Crippen LogP contribution in [0.2, 0.25) is 0 Å². The molecule has 4 aromatic rings. The number of hydrogen-bond donors (Lipinski definition) is 2. The highest BCUT2D eigenvalue weighted by atomic mass is 19.1. The second-order valence-corrected chi connectivity index (χ2v) is 6.86. The Kier molecular flexibility index (Phi) is 5.12. The number of halogens is 1. The number of rotatable bonds is 4. The van der Waals surface area contributed by atoms with Crippen molar-refractivity contribution in [2.75, 3.05) is 12.4 Å². The summed E-state index contributed by atoms with van der Waals surface area (Å²) in [5.74, 6) is -1.37. The fraction of sp³-hybridized carbons (Fsp3) is 0.0870. The van der Waals surface area contributed by atoms with Crippen LogP contribution in [0.3, 0.4) is 0 Å². The van der Waals surface area contributed by atoms with E-state index in [0.29, 0.717) is 17.0 Å². The average Bonchev–Trinajstić information content (AvgIpc) is 2.76. The number of pyridine rings is 2. The lowest BCUT2D eigenvalue weighted by Gasteiger charge is -2.15. The third kappa shape index (κ3) is 3.59. The van der Waals surface area contributed by atoms with Crippen LogP contribution in [0.15, 0.2) is 65.6 Å². The molecule has 0 saturated heterocycles. The summed E-state index contributed by atoms with van der Waals surface area (Å²) in [6.07, 6.45) is 1.48. The Labute approximate surface area is 176 Å². The molecule has 0 aliphatic carbocycles. The van der Waals surface area contributed by atoms with Crippen LogP contribution in [0.5, 0.6) is 11.5 Å². The number of carbonyl (C=O) groups excluding carboxylic acids is 1. The summed E-state index contributed by atoms with van der Waals surface area (Å²) in [5, 5.41) is 13.4. The van der Waals surface area contributed by atoms with E-state index >= 15 is 0 Å². The third-order valence-corrected chi connectivity index (χ3v) is 4.88. The number of methoxy groups -OCH3 is 1. The van der Waals surface area contributed by atoms with Crippen molar-refractivity contribution in [1.82, 2.24) is 9.55 Å². The van der Waals surface area contributed by atoms with E-state index < -0.39 is 28.6 Å². The van der Waals surface area contributed by atoms with E-state index in [1.54, 1.807) is 43.3 Å². The van der Waals surface area contributed by atoms with Gasteiger partial charge in [-0.3, -0.25) is 14.2 Å². The van der Waals surface area contributed by atoms with Crippen LogP contribution in [-0.2, 0) is 0 Å². The summed E-state index contributed by atoms with van der Waals surface area (Å²) in [6, 6.07) is 14.0. The minimum atomic E-state index is -0.867. The Morgan fingerprint density at radius 2 is 1.97 bits per heavy atom. The maximum atomic E-state index is 13.9. The highest BCUT2D eigenvalue weighted by molar-refractivity contribution is 6.09. The fourth-order valence-electron chi connectivity index (χ4n) is 3.26. The predicted octanol–water partition coefficient (Wildman–Crippen LogP) is 3.80. The molecule has 2 N–H and O–H groups in total. The first-order valence-corrected chi connectivity index (χ1v) is 9.35. The molecule has 2 aromatic carbocycles. The highest BCUT2D eigenvalue weighted by Crippen LogP contribution is 2.28. The Morgan fingerprint density at radius 1 is 1.16 bits per heavy atom. The van der Waals surface area contributed by atoms with Crippen LogP contribution in [-0.4, -0.2) is 27.7 Å². The average molecular weight is 419 g/mol. The van der Waals surface area contributed by atoms with Gasteiger partial charge in [0.1, 0.15) is 22.9 Å². The molecule has 156 valence electrons. The predicted molar refractivity (Wildman–Crippen MR) is 115 cm³/mol.